The quantitative estimate of drug-likeness (QED) is 0.764. The van der Waals surface area contributed by atoms with Crippen LogP contribution in [-0.2, 0) is 0 Å². The van der Waals surface area contributed by atoms with Crippen LogP contribution in [0, 0.1) is 0 Å². The third-order valence-corrected chi connectivity index (χ3v) is 3.35. The number of para-hydroxylation sites is 3. The molecule has 1 heterocycles. The van der Waals surface area contributed by atoms with Gasteiger partial charge in [-0.3, -0.25) is 0 Å². The van der Waals surface area contributed by atoms with E-state index in [9.17, 15) is 0 Å². The van der Waals surface area contributed by atoms with Gasteiger partial charge in [-0.2, -0.15) is 0 Å². The Balaban J connectivity index is 2.23. The SMILES string of the molecule is C=CC1=C(/C=C\C)Oc2ccccc2N1c1ccccc1. The van der Waals surface area contributed by atoms with Gasteiger partial charge >= 0.3 is 0 Å². The zero-order valence-corrected chi connectivity index (χ0v) is 12.0. The zero-order valence-electron chi connectivity index (χ0n) is 12.0. The highest BCUT2D eigenvalue weighted by molar-refractivity contribution is 5.77. The minimum atomic E-state index is 0.801. The van der Waals surface area contributed by atoms with Gasteiger partial charge in [0.15, 0.2) is 11.5 Å². The van der Waals surface area contributed by atoms with Crippen molar-refractivity contribution in [1.82, 2.24) is 0 Å². The summed E-state index contributed by atoms with van der Waals surface area (Å²) in [5, 5.41) is 0. The Morgan fingerprint density at radius 3 is 2.43 bits per heavy atom. The lowest BCUT2D eigenvalue weighted by Gasteiger charge is -2.33. The minimum Gasteiger partial charge on any atom is -0.453 e. The number of rotatable bonds is 3. The molecule has 1 aliphatic heterocycles. The lowest BCUT2D eigenvalue weighted by Crippen LogP contribution is -2.22. The molecule has 0 bridgehead atoms. The van der Waals surface area contributed by atoms with Gasteiger partial charge in [-0.1, -0.05) is 43.0 Å². The summed E-state index contributed by atoms with van der Waals surface area (Å²) in [4.78, 5) is 2.17. The van der Waals surface area contributed by atoms with Gasteiger partial charge in [0.05, 0.1) is 11.4 Å². The second-order valence-electron chi connectivity index (χ2n) is 4.69. The summed E-state index contributed by atoms with van der Waals surface area (Å²) in [5.74, 6) is 1.65. The van der Waals surface area contributed by atoms with E-state index in [1.165, 1.54) is 0 Å². The van der Waals surface area contributed by atoms with Crippen LogP contribution in [0.5, 0.6) is 5.75 Å². The van der Waals surface area contributed by atoms with E-state index in [2.05, 4.69) is 29.7 Å². The summed E-state index contributed by atoms with van der Waals surface area (Å²) >= 11 is 0. The summed E-state index contributed by atoms with van der Waals surface area (Å²) < 4.78 is 6.01. The number of hydrogen-bond acceptors (Lipinski definition) is 2. The van der Waals surface area contributed by atoms with Crippen molar-refractivity contribution in [1.29, 1.82) is 0 Å². The van der Waals surface area contributed by atoms with Crippen molar-refractivity contribution in [2.75, 3.05) is 4.90 Å². The van der Waals surface area contributed by atoms with Gasteiger partial charge in [-0.15, -0.1) is 0 Å². The molecule has 2 aromatic rings. The normalized spacial score (nSPS) is 14.0. The van der Waals surface area contributed by atoms with Crippen molar-refractivity contribution in [3.8, 4) is 5.75 Å². The van der Waals surface area contributed by atoms with E-state index < -0.39 is 0 Å². The molecule has 104 valence electrons. The smallest absolute Gasteiger partial charge is 0.151 e. The number of nitrogens with zero attached hydrogens (tertiary/aromatic N) is 1. The van der Waals surface area contributed by atoms with Crippen LogP contribution in [0.15, 0.2) is 90.9 Å². The van der Waals surface area contributed by atoms with Gasteiger partial charge in [0, 0.05) is 5.69 Å². The molecule has 0 spiro atoms. The topological polar surface area (TPSA) is 12.5 Å². The van der Waals surface area contributed by atoms with Crippen LogP contribution in [0.25, 0.3) is 0 Å². The first kappa shape index (κ1) is 13.3. The Morgan fingerprint density at radius 2 is 1.71 bits per heavy atom. The molecule has 0 unspecified atom stereocenters. The second-order valence-corrected chi connectivity index (χ2v) is 4.69. The number of fused-ring (bicyclic) bond motifs is 1. The molecule has 0 radical (unpaired) electrons. The van der Waals surface area contributed by atoms with Crippen LogP contribution in [0.1, 0.15) is 6.92 Å². The van der Waals surface area contributed by atoms with Crippen molar-refractivity contribution in [3.63, 3.8) is 0 Å². The summed E-state index contributed by atoms with van der Waals surface area (Å²) in [6, 6.07) is 18.3. The molecule has 0 N–H and O–H groups in total. The molecule has 2 nitrogen and oxygen atoms in total. The maximum absolute atomic E-state index is 6.01. The number of hydrogen-bond donors (Lipinski definition) is 0. The summed E-state index contributed by atoms with van der Waals surface area (Å²) in [6.45, 7) is 5.93. The van der Waals surface area contributed by atoms with Gasteiger partial charge in [0.2, 0.25) is 0 Å². The highest BCUT2D eigenvalue weighted by atomic mass is 16.5. The van der Waals surface area contributed by atoms with Gasteiger partial charge in [0.25, 0.3) is 0 Å². The van der Waals surface area contributed by atoms with Crippen molar-refractivity contribution in [2.45, 2.75) is 6.92 Å². The average Bonchev–Trinajstić information content (AvgIpc) is 2.54. The summed E-state index contributed by atoms with van der Waals surface area (Å²) in [5.41, 5.74) is 3.05. The van der Waals surface area contributed by atoms with Gasteiger partial charge in [-0.05, 0) is 43.3 Å². The fourth-order valence-corrected chi connectivity index (χ4v) is 2.46. The van der Waals surface area contributed by atoms with E-state index in [1.54, 1.807) is 0 Å². The number of allylic oxidation sites excluding steroid dienone is 3. The Labute approximate surface area is 125 Å². The Bertz CT molecular complexity index is 713. The van der Waals surface area contributed by atoms with Gasteiger partial charge in [0.1, 0.15) is 0 Å². The molecule has 0 saturated heterocycles. The predicted molar refractivity (Wildman–Crippen MR) is 87.7 cm³/mol. The van der Waals surface area contributed by atoms with E-state index in [-0.39, 0.29) is 0 Å². The van der Waals surface area contributed by atoms with Crippen molar-refractivity contribution in [2.24, 2.45) is 0 Å². The lowest BCUT2D eigenvalue weighted by atomic mass is 10.1. The molecule has 0 saturated carbocycles. The molecule has 0 aliphatic carbocycles. The van der Waals surface area contributed by atoms with Gasteiger partial charge in [-0.25, -0.2) is 0 Å². The Morgan fingerprint density at radius 1 is 1.00 bits per heavy atom. The van der Waals surface area contributed by atoms with E-state index >= 15 is 0 Å². The van der Waals surface area contributed by atoms with Crippen molar-refractivity contribution < 1.29 is 4.74 Å². The first-order valence-electron chi connectivity index (χ1n) is 6.96. The van der Waals surface area contributed by atoms with Crippen LogP contribution in [0.2, 0.25) is 0 Å². The van der Waals surface area contributed by atoms with E-state index in [4.69, 9.17) is 4.74 Å². The van der Waals surface area contributed by atoms with E-state index in [0.29, 0.717) is 0 Å². The molecular weight excluding hydrogens is 258 g/mol. The largest absolute Gasteiger partial charge is 0.453 e. The first-order chi connectivity index (χ1) is 10.3. The Hall–Kier alpha value is -2.74. The summed E-state index contributed by atoms with van der Waals surface area (Å²) in [7, 11) is 0. The fraction of sp³-hybridized carbons (Fsp3) is 0.0526. The third-order valence-electron chi connectivity index (χ3n) is 3.35. The number of anilines is 2. The second kappa shape index (κ2) is 5.71. The average molecular weight is 275 g/mol. The highest BCUT2D eigenvalue weighted by Gasteiger charge is 2.24. The Kier molecular flexibility index (Phi) is 3.61. The van der Waals surface area contributed by atoms with E-state index in [1.807, 2.05) is 61.5 Å². The van der Waals surface area contributed by atoms with Gasteiger partial charge < -0.3 is 9.64 Å². The van der Waals surface area contributed by atoms with Crippen LogP contribution in [-0.4, -0.2) is 0 Å². The van der Waals surface area contributed by atoms with Crippen LogP contribution < -0.4 is 9.64 Å². The molecule has 2 heteroatoms. The maximum Gasteiger partial charge on any atom is 0.151 e. The molecule has 0 atom stereocenters. The minimum absolute atomic E-state index is 0.801. The van der Waals surface area contributed by atoms with Crippen LogP contribution in [0.3, 0.4) is 0 Å². The molecule has 21 heavy (non-hydrogen) atoms. The highest BCUT2D eigenvalue weighted by Crippen LogP contribution is 2.42. The first-order valence-corrected chi connectivity index (χ1v) is 6.96. The molecule has 0 amide bonds. The number of ether oxygens (including phenoxy) is 1. The third kappa shape index (κ3) is 2.36. The molecule has 0 fully saturated rings. The molecule has 0 aromatic heterocycles. The molecule has 2 aromatic carbocycles. The fourth-order valence-electron chi connectivity index (χ4n) is 2.46. The maximum atomic E-state index is 6.01. The monoisotopic (exact) mass is 275 g/mol. The molecule has 1 aliphatic rings. The van der Waals surface area contributed by atoms with Crippen LogP contribution in [0.4, 0.5) is 11.4 Å². The van der Waals surface area contributed by atoms with Crippen molar-refractivity contribution >= 4 is 11.4 Å². The van der Waals surface area contributed by atoms with E-state index in [0.717, 1.165) is 28.6 Å². The molecule has 3 rings (SSSR count). The number of benzene rings is 2. The predicted octanol–water partition coefficient (Wildman–Crippen LogP) is 5.19. The molecular formula is C19H17NO. The summed E-state index contributed by atoms with van der Waals surface area (Å²) in [6.07, 6.45) is 5.76. The standard InChI is InChI=1S/C19H17NO/c1-3-10-18-16(4-2)20(15-11-6-5-7-12-15)17-13-8-9-14-19(17)21-18/h3-14H,2H2,1H3/b10-3-. The van der Waals surface area contributed by atoms with Crippen molar-refractivity contribution in [3.05, 3.63) is 90.9 Å². The van der Waals surface area contributed by atoms with Crippen LogP contribution >= 0.6 is 0 Å². The lowest BCUT2D eigenvalue weighted by molar-refractivity contribution is 0.431. The zero-order chi connectivity index (χ0) is 14.7.